The highest BCUT2D eigenvalue weighted by atomic mass is 16.5. The fraction of sp³-hybridized carbons (Fsp3) is 0.545. The molecule has 1 N–H and O–H groups in total. The maximum atomic E-state index is 12.7. The van der Waals surface area contributed by atoms with Crippen molar-refractivity contribution in [2.45, 2.75) is 59.9 Å². The van der Waals surface area contributed by atoms with Gasteiger partial charge in [-0.05, 0) is 39.7 Å². The molecule has 0 heterocycles. The zero-order valence-electron chi connectivity index (χ0n) is 17.3. The molecule has 5 heteroatoms. The Morgan fingerprint density at radius 2 is 2.04 bits per heavy atom. The van der Waals surface area contributed by atoms with Crippen LogP contribution >= 0.6 is 0 Å². The number of nitrogens with one attached hydrogen (secondary N) is 1. The first-order chi connectivity index (χ1) is 13.0. The van der Waals surface area contributed by atoms with Crippen LogP contribution in [0.4, 0.5) is 0 Å². The lowest BCUT2D eigenvalue weighted by atomic mass is 10.0. The van der Waals surface area contributed by atoms with Crippen LogP contribution < -0.4 is 10.1 Å². The summed E-state index contributed by atoms with van der Waals surface area (Å²) in [6.45, 7) is 12.3. The maximum Gasteiger partial charge on any atom is 0.263 e. The summed E-state index contributed by atoms with van der Waals surface area (Å²) >= 11 is 0. The summed E-state index contributed by atoms with van der Waals surface area (Å²) in [5, 5.41) is 12.4. The molecular weight excluding hydrogens is 338 g/mol. The second-order valence-electron chi connectivity index (χ2n) is 6.71. The molecule has 1 atom stereocenters. The number of carbonyl (C=O) groups excluding carboxylic acids is 1. The Kier molecular flexibility index (Phi) is 10.0. The molecule has 0 saturated heterocycles. The second kappa shape index (κ2) is 12.0. The van der Waals surface area contributed by atoms with Crippen LogP contribution in [0.2, 0.25) is 0 Å². The molecule has 1 rings (SSSR count). The molecule has 27 heavy (non-hydrogen) atoms. The minimum atomic E-state index is -0.355. The third kappa shape index (κ3) is 7.34. The molecule has 1 unspecified atom stereocenters. The van der Waals surface area contributed by atoms with Gasteiger partial charge in [0.15, 0.2) is 0 Å². The summed E-state index contributed by atoms with van der Waals surface area (Å²) in [4.78, 5) is 14.7. The van der Waals surface area contributed by atoms with E-state index in [-0.39, 0.29) is 17.5 Å². The molecule has 0 aliphatic carbocycles. The lowest BCUT2D eigenvalue weighted by Crippen LogP contribution is -2.30. The van der Waals surface area contributed by atoms with Gasteiger partial charge in [-0.25, -0.2) is 0 Å². The smallest absolute Gasteiger partial charge is 0.263 e. The molecule has 0 radical (unpaired) electrons. The van der Waals surface area contributed by atoms with Gasteiger partial charge in [0.25, 0.3) is 5.91 Å². The van der Waals surface area contributed by atoms with E-state index in [0.29, 0.717) is 6.61 Å². The number of unbranched alkanes of at least 4 members (excludes halogenated alkanes) is 1. The van der Waals surface area contributed by atoms with Gasteiger partial charge in [-0.15, -0.1) is 0 Å². The molecule has 148 valence electrons. The molecule has 1 aromatic rings. The summed E-state index contributed by atoms with van der Waals surface area (Å²) in [6.07, 6.45) is 4.78. The van der Waals surface area contributed by atoms with E-state index >= 15 is 0 Å². The third-order valence-corrected chi connectivity index (χ3v) is 4.27. The average molecular weight is 372 g/mol. The summed E-state index contributed by atoms with van der Waals surface area (Å²) in [6, 6.07) is 7.71. The molecule has 0 spiro atoms. The molecule has 0 bridgehead atoms. The highest BCUT2D eigenvalue weighted by Crippen LogP contribution is 2.26. The Labute approximate surface area is 164 Å². The van der Waals surface area contributed by atoms with Crippen molar-refractivity contribution in [2.75, 3.05) is 19.7 Å². The number of amides is 1. The van der Waals surface area contributed by atoms with Gasteiger partial charge in [-0.1, -0.05) is 38.0 Å². The van der Waals surface area contributed by atoms with E-state index in [4.69, 9.17) is 4.74 Å². The number of benzene rings is 1. The number of hydrogen-bond donors (Lipinski definition) is 1. The highest BCUT2D eigenvalue weighted by molar-refractivity contribution is 5.97. The first kappa shape index (κ1) is 22.6. The van der Waals surface area contributed by atoms with Crippen molar-refractivity contribution >= 4 is 5.91 Å². The third-order valence-electron chi connectivity index (χ3n) is 4.27. The minimum absolute atomic E-state index is 0.136. The lowest BCUT2D eigenvalue weighted by molar-refractivity contribution is -0.117. The summed E-state index contributed by atoms with van der Waals surface area (Å²) in [7, 11) is 0. The predicted octanol–water partition coefficient (Wildman–Crippen LogP) is 4.49. The quantitative estimate of drug-likeness (QED) is 0.460. The van der Waals surface area contributed by atoms with Crippen LogP contribution in [-0.2, 0) is 4.79 Å². The summed E-state index contributed by atoms with van der Waals surface area (Å²) in [5.74, 6) is 0.403. The first-order valence-electron chi connectivity index (χ1n) is 9.86. The topological polar surface area (TPSA) is 65.4 Å². The first-order valence-corrected chi connectivity index (χ1v) is 9.86. The largest absolute Gasteiger partial charge is 0.494 e. The monoisotopic (exact) mass is 371 g/mol. The molecule has 0 saturated carbocycles. The van der Waals surface area contributed by atoms with Crippen LogP contribution in [0.1, 0.15) is 64.1 Å². The maximum absolute atomic E-state index is 12.7. The van der Waals surface area contributed by atoms with Gasteiger partial charge in [0.1, 0.15) is 17.4 Å². The van der Waals surface area contributed by atoms with Gasteiger partial charge in [0.05, 0.1) is 12.6 Å². The summed E-state index contributed by atoms with van der Waals surface area (Å²) < 4.78 is 5.68. The van der Waals surface area contributed by atoms with Crippen molar-refractivity contribution in [3.63, 3.8) is 0 Å². The summed E-state index contributed by atoms with van der Waals surface area (Å²) in [5.41, 5.74) is 2.15. The second-order valence-corrected chi connectivity index (χ2v) is 6.71. The van der Waals surface area contributed by atoms with Crippen LogP contribution in [-0.4, -0.2) is 30.5 Å². The Morgan fingerprint density at radius 1 is 1.30 bits per heavy atom. The van der Waals surface area contributed by atoms with E-state index in [2.05, 4.69) is 30.1 Å². The van der Waals surface area contributed by atoms with Gasteiger partial charge in [0, 0.05) is 24.9 Å². The number of carbonyl (C=O) groups is 1. The Morgan fingerprint density at radius 3 is 2.63 bits per heavy atom. The van der Waals surface area contributed by atoms with Crippen LogP contribution in [0.5, 0.6) is 5.75 Å². The molecule has 1 amide bonds. The van der Waals surface area contributed by atoms with Crippen molar-refractivity contribution in [3.05, 3.63) is 41.1 Å². The van der Waals surface area contributed by atoms with Crippen molar-refractivity contribution < 1.29 is 9.53 Å². The molecule has 0 aromatic heterocycles. The van der Waals surface area contributed by atoms with Gasteiger partial charge >= 0.3 is 0 Å². The normalized spacial score (nSPS) is 12.2. The number of rotatable bonds is 11. The molecule has 0 aliphatic rings. The van der Waals surface area contributed by atoms with Crippen molar-refractivity contribution in [2.24, 2.45) is 0 Å². The number of aryl methyl sites for hydroxylation is 1. The van der Waals surface area contributed by atoms with E-state index < -0.39 is 0 Å². The van der Waals surface area contributed by atoms with Gasteiger partial charge < -0.3 is 15.0 Å². The van der Waals surface area contributed by atoms with Crippen molar-refractivity contribution in [1.29, 1.82) is 5.26 Å². The Hall–Kier alpha value is -2.48. The van der Waals surface area contributed by atoms with Gasteiger partial charge in [-0.3, -0.25) is 4.79 Å². The average Bonchev–Trinajstić information content (AvgIpc) is 2.65. The van der Waals surface area contributed by atoms with E-state index in [1.807, 2.05) is 39.0 Å². The van der Waals surface area contributed by atoms with E-state index in [0.717, 1.165) is 49.2 Å². The zero-order chi connectivity index (χ0) is 20.2. The van der Waals surface area contributed by atoms with E-state index in [1.165, 1.54) is 0 Å². The van der Waals surface area contributed by atoms with Gasteiger partial charge in [-0.2, -0.15) is 5.26 Å². The minimum Gasteiger partial charge on any atom is -0.494 e. The van der Waals surface area contributed by atoms with Crippen LogP contribution in [0.15, 0.2) is 30.0 Å². The van der Waals surface area contributed by atoms with Crippen LogP contribution in [0.25, 0.3) is 0 Å². The predicted molar refractivity (Wildman–Crippen MR) is 109 cm³/mol. The van der Waals surface area contributed by atoms with Crippen LogP contribution in [0, 0.1) is 18.3 Å². The van der Waals surface area contributed by atoms with Crippen LogP contribution in [0.3, 0.4) is 0 Å². The van der Waals surface area contributed by atoms with E-state index in [9.17, 15) is 10.1 Å². The fourth-order valence-electron chi connectivity index (χ4n) is 2.86. The Balaban J connectivity index is 2.95. The number of nitrogens with zero attached hydrogens (tertiary/aromatic N) is 2. The number of hydrogen-bond acceptors (Lipinski definition) is 4. The molecule has 0 fully saturated rings. The standard InChI is InChI=1S/C22H33N3O2/c1-6-9-13-25(12-7-2)16-19(15-23)22(26)24-18(5)20-14-17(4)10-11-21(20)27-8-3/h10-11,14,16,18H,6-9,12-13H2,1-5H3,(H,24,26)/b19-16-. The molecular formula is C22H33N3O2. The molecule has 0 aliphatic heterocycles. The molecule has 5 nitrogen and oxygen atoms in total. The lowest BCUT2D eigenvalue weighted by Gasteiger charge is -2.21. The number of ether oxygens (including phenoxy) is 1. The van der Waals surface area contributed by atoms with E-state index in [1.54, 1.807) is 6.20 Å². The molecule has 1 aromatic carbocycles. The Bertz CT molecular complexity index is 677. The van der Waals surface area contributed by atoms with Crippen molar-refractivity contribution in [1.82, 2.24) is 10.2 Å². The highest BCUT2D eigenvalue weighted by Gasteiger charge is 2.18. The van der Waals surface area contributed by atoms with Crippen molar-refractivity contribution in [3.8, 4) is 11.8 Å². The van der Waals surface area contributed by atoms with Gasteiger partial charge in [0.2, 0.25) is 0 Å². The fourth-order valence-corrected chi connectivity index (χ4v) is 2.86. The zero-order valence-corrected chi connectivity index (χ0v) is 17.3. The number of nitriles is 1. The SMILES string of the molecule is CCCCN(/C=C(/C#N)C(=O)NC(C)c1cc(C)ccc1OCC)CCC.